The van der Waals surface area contributed by atoms with Gasteiger partial charge in [-0.1, -0.05) is 53.9 Å². The second-order valence-corrected chi connectivity index (χ2v) is 21.9. The van der Waals surface area contributed by atoms with Crippen molar-refractivity contribution in [2.24, 2.45) is 11.8 Å². The molecule has 14 rings (SSSR count). The quantitative estimate of drug-likeness (QED) is 0.0796. The molecule has 34 heteroatoms. The van der Waals surface area contributed by atoms with Crippen molar-refractivity contribution >= 4 is 30.4 Å². The minimum Gasteiger partial charge on any atom is -0.446 e. The third-order valence-corrected chi connectivity index (χ3v) is 14.5. The first-order chi connectivity index (χ1) is 45.7. The fourth-order valence-electron chi connectivity index (χ4n) is 9.65. The van der Waals surface area contributed by atoms with E-state index in [0.29, 0.717) is 18.5 Å². The molecule has 12 aromatic rings. The molecule has 0 saturated heterocycles. The van der Waals surface area contributed by atoms with Crippen LogP contribution in [0.4, 0.5) is 0 Å². The number of rotatable bonds is 10. The maximum Gasteiger partial charge on any atom is 0.273 e. The van der Waals surface area contributed by atoms with Crippen molar-refractivity contribution in [3.8, 4) is 92.7 Å². The fourth-order valence-corrected chi connectivity index (χ4v) is 9.65. The molecule has 0 radical (unpaired) electrons. The van der Waals surface area contributed by atoms with Crippen LogP contribution in [0.25, 0.3) is 92.7 Å². The molecule has 0 saturated carbocycles. The molecule has 4 unspecified atom stereocenters. The van der Waals surface area contributed by atoms with Gasteiger partial charge in [0.2, 0.25) is 70.7 Å². The first kappa shape index (κ1) is 62.2. The standard InChI is InChI=1S/C30H28N8O8.C29H27N9O8.CH2O/c1-4-5-6-7-15-25-34-20(10-43-25)28-35-19(11-44-28)27-33-17(9-42-27)24(40)38-22(14(2)3)30-37-21(13-46-30)29-36-18(12-45-29)26-32-16(8-41-26)23(39)31-15;1-13(2)21-29-37-20(12-46-29)28-36-17(11-45-28)25-32-15(7-41-25)22(39)31-14(5-3-4-6-30)24-34-19(9-43-24)27-35-18(10-44-27)26-33-16(8-42-26)23(40)38-21;1-2/h8-15,22H,4-7H2,1-3H3,(H,31,39)(H,38,40);7-14,21H,3-6,30H2,1-2H3,(H,31,39)(H,38,40);1H2/p+1. The van der Waals surface area contributed by atoms with Gasteiger partial charge in [-0.3, -0.25) is 19.2 Å². The summed E-state index contributed by atoms with van der Waals surface area (Å²) in [6, 6.07) is -2.43. The number of fused-ring (bicyclic) bond motifs is 32. The maximum absolute atomic E-state index is 13.3. The smallest absolute Gasteiger partial charge is 0.273 e. The minimum absolute atomic E-state index is 0.0127. The molecule has 0 spiro atoms. The molecule has 14 heterocycles. The van der Waals surface area contributed by atoms with Crippen molar-refractivity contribution in [1.29, 1.82) is 0 Å². The summed E-state index contributed by atoms with van der Waals surface area (Å²) in [6.07, 6.45) is 21.1. The monoisotopic (exact) mass is 1290 g/mol. The van der Waals surface area contributed by atoms with E-state index < -0.39 is 47.8 Å². The van der Waals surface area contributed by atoms with Gasteiger partial charge in [-0.25, -0.2) is 59.8 Å². The van der Waals surface area contributed by atoms with E-state index in [-0.39, 0.29) is 145 Å². The molecule has 4 amide bonds. The largest absolute Gasteiger partial charge is 0.446 e. The highest BCUT2D eigenvalue weighted by Crippen LogP contribution is 2.34. The molecule has 4 atom stereocenters. The van der Waals surface area contributed by atoms with Crippen LogP contribution in [0.2, 0.25) is 0 Å². The Morgan fingerprint density at radius 1 is 0.340 bits per heavy atom. The average Bonchev–Trinajstić information content (AvgIpc) is 1.70. The molecule has 2 aliphatic rings. The van der Waals surface area contributed by atoms with Crippen LogP contribution in [0.1, 0.15) is 169 Å². The second-order valence-electron chi connectivity index (χ2n) is 21.9. The van der Waals surface area contributed by atoms with Crippen molar-refractivity contribution in [2.45, 2.75) is 104 Å². The van der Waals surface area contributed by atoms with Gasteiger partial charge in [0.05, 0.1) is 6.54 Å². The van der Waals surface area contributed by atoms with Gasteiger partial charge in [0.25, 0.3) is 23.6 Å². The number of quaternary nitrogens is 1. The molecule has 34 nitrogen and oxygen atoms in total. The lowest BCUT2D eigenvalue weighted by molar-refractivity contribution is -0.368. The topological polar surface area (TPSA) is 473 Å². The van der Waals surface area contributed by atoms with Crippen LogP contribution in [0, 0.1) is 11.8 Å². The summed E-state index contributed by atoms with van der Waals surface area (Å²) in [7, 11) is 0. The molecule has 484 valence electrons. The molecular weight excluding hydrogens is 1230 g/mol. The highest BCUT2D eigenvalue weighted by atomic mass is 16.4. The van der Waals surface area contributed by atoms with Crippen LogP contribution in [0.3, 0.4) is 0 Å². The van der Waals surface area contributed by atoms with E-state index in [9.17, 15) is 19.2 Å². The third-order valence-electron chi connectivity index (χ3n) is 14.5. The lowest BCUT2D eigenvalue weighted by Crippen LogP contribution is -2.50. The molecule has 12 aromatic heterocycles. The Bertz CT molecular complexity index is 4290. The van der Waals surface area contributed by atoms with Crippen molar-refractivity contribution in [3.63, 3.8) is 0 Å². The Kier molecular flexibility index (Phi) is 18.0. The fraction of sp³-hybridized carbons (Fsp3) is 0.317. The number of nitrogens with one attached hydrogen (secondary N) is 4. The van der Waals surface area contributed by atoms with Crippen molar-refractivity contribution in [2.75, 3.05) is 6.54 Å². The maximum atomic E-state index is 13.3. The SMILES string of the molecule is C=O.CC(C)C1NC(=O)c2coc(n2)-c2coc(n2)-c2coc(n2)C(CCCC[NH3+])NC(=O)c2coc(n2)-c2coc(n2)-c2coc1n2.CCCCCC1NC(=O)c2coc(n2)-c2coc(n2)-c2coc(n2)C(C(C)C)NC(=O)c2coc(n2)-c2coc(n2)-c2coc1n2. The van der Waals surface area contributed by atoms with Gasteiger partial charge in [0, 0.05) is 0 Å². The second kappa shape index (κ2) is 27.2. The summed E-state index contributed by atoms with van der Waals surface area (Å²) in [5.74, 6) is -0.541. The van der Waals surface area contributed by atoms with Crippen LogP contribution in [0.5, 0.6) is 0 Å². The Balaban J connectivity index is 0.000000176. The number of nitrogens with zero attached hydrogens (tertiary/aromatic N) is 12. The van der Waals surface area contributed by atoms with E-state index in [0.717, 1.165) is 38.6 Å². The number of unbranched alkanes of at least 4 members (excludes halogenated alkanes) is 3. The molecule has 2 aliphatic heterocycles. The van der Waals surface area contributed by atoms with Gasteiger partial charge in [0.15, 0.2) is 68.3 Å². The lowest BCUT2D eigenvalue weighted by atomic mass is 10.0. The number of hydrogen-bond donors (Lipinski definition) is 5. The Morgan fingerprint density at radius 3 is 0.862 bits per heavy atom. The summed E-state index contributed by atoms with van der Waals surface area (Å²) in [4.78, 5) is 114. The highest BCUT2D eigenvalue weighted by molar-refractivity contribution is 5.94. The molecule has 24 bridgehead atoms. The lowest BCUT2D eigenvalue weighted by Gasteiger charge is -2.18. The summed E-state index contributed by atoms with van der Waals surface area (Å²) >= 11 is 0. The zero-order valence-corrected chi connectivity index (χ0v) is 50.8. The molecule has 7 N–H and O–H groups in total. The van der Waals surface area contributed by atoms with Gasteiger partial charge < -0.3 is 84.8 Å². The van der Waals surface area contributed by atoms with Gasteiger partial charge in [-0.2, -0.15) is 0 Å². The summed E-state index contributed by atoms with van der Waals surface area (Å²) in [5, 5.41) is 11.6. The van der Waals surface area contributed by atoms with Crippen molar-refractivity contribution < 1.29 is 82.7 Å². The first-order valence-corrected chi connectivity index (χ1v) is 29.5. The zero-order valence-electron chi connectivity index (χ0n) is 50.8. The molecule has 0 aromatic carbocycles. The van der Waals surface area contributed by atoms with Crippen LogP contribution in [0.15, 0.2) is 128 Å². The molecule has 0 fully saturated rings. The Hall–Kier alpha value is -12.0. The number of amides is 4. The molecule has 0 aliphatic carbocycles. The molecular formula is C60H58N17O17+. The number of carbonyl (C=O) groups excluding carboxylic acids is 5. The van der Waals surface area contributed by atoms with Gasteiger partial charge in [0.1, 0.15) is 106 Å². The van der Waals surface area contributed by atoms with E-state index in [1.54, 1.807) is 0 Å². The number of hydrogen-bond acceptors (Lipinski definition) is 29. The predicted molar refractivity (Wildman–Crippen MR) is 313 cm³/mol. The predicted octanol–water partition coefficient (Wildman–Crippen LogP) is 9.20. The van der Waals surface area contributed by atoms with Gasteiger partial charge in [-0.05, 0) is 37.5 Å². The normalized spacial score (nSPS) is 16.4. The highest BCUT2D eigenvalue weighted by Gasteiger charge is 2.32. The zero-order chi connectivity index (χ0) is 65.6. The summed E-state index contributed by atoms with van der Waals surface area (Å²) in [5.41, 5.74) is 6.06. The van der Waals surface area contributed by atoms with Crippen LogP contribution in [-0.4, -0.2) is 96.8 Å². The summed E-state index contributed by atoms with van der Waals surface area (Å²) in [6.45, 7) is 12.4. The Morgan fingerprint density at radius 2 is 0.574 bits per heavy atom. The Labute approximate surface area is 528 Å². The van der Waals surface area contributed by atoms with Crippen molar-refractivity contribution in [3.05, 3.63) is 121 Å². The number of aromatic nitrogens is 12. The average molecular weight is 1290 g/mol. The van der Waals surface area contributed by atoms with Crippen LogP contribution >= 0.6 is 0 Å². The van der Waals surface area contributed by atoms with Crippen LogP contribution < -0.4 is 27.0 Å². The van der Waals surface area contributed by atoms with Crippen LogP contribution in [-0.2, 0) is 4.79 Å². The van der Waals surface area contributed by atoms with E-state index in [2.05, 4.69) is 93.7 Å². The van der Waals surface area contributed by atoms with E-state index in [1.807, 2.05) is 34.5 Å². The minimum atomic E-state index is -0.628. The van der Waals surface area contributed by atoms with Crippen molar-refractivity contribution in [1.82, 2.24) is 81.1 Å². The van der Waals surface area contributed by atoms with E-state index in [4.69, 9.17) is 57.8 Å². The van der Waals surface area contributed by atoms with Gasteiger partial charge >= 0.3 is 0 Å². The number of carbonyl (C=O) groups is 5. The van der Waals surface area contributed by atoms with Gasteiger partial charge in [-0.15, -0.1) is 0 Å². The third kappa shape index (κ3) is 13.3. The first-order valence-electron chi connectivity index (χ1n) is 29.5. The summed E-state index contributed by atoms with van der Waals surface area (Å²) < 4.78 is 67.6. The number of oxazole rings is 12. The van der Waals surface area contributed by atoms with E-state index in [1.165, 1.54) is 75.2 Å². The molecule has 94 heavy (non-hydrogen) atoms. The van der Waals surface area contributed by atoms with E-state index >= 15 is 0 Å².